The number of rotatable bonds is 5. The van der Waals surface area contributed by atoms with Gasteiger partial charge in [0.15, 0.2) is 5.75 Å². The fraction of sp³-hybridized carbons (Fsp3) is 0.500. The largest absolute Gasteiger partial charge is 0.507 e. The molecule has 2 aromatic rings. The van der Waals surface area contributed by atoms with Crippen LogP contribution in [-0.4, -0.2) is 113 Å². The molecule has 224 valence electrons. The number of pyridine rings is 1. The van der Waals surface area contributed by atoms with Crippen LogP contribution in [0.25, 0.3) is 11.3 Å². The number of phenols is 1. The van der Waals surface area contributed by atoms with Crippen LogP contribution in [0.15, 0.2) is 30.9 Å². The topological polar surface area (TPSA) is 98.7 Å². The summed E-state index contributed by atoms with van der Waals surface area (Å²) in [7, 11) is 2.05. The highest BCUT2D eigenvalue weighted by Gasteiger charge is 2.48. The van der Waals surface area contributed by atoms with E-state index in [-0.39, 0.29) is 70.5 Å². The van der Waals surface area contributed by atoms with E-state index in [2.05, 4.69) is 11.5 Å². The summed E-state index contributed by atoms with van der Waals surface area (Å²) in [4.78, 5) is 39.0. The number of likely N-dealkylation sites (N-methyl/N-ethyl adjacent to an activating group) is 1. The zero-order chi connectivity index (χ0) is 29.9. The lowest BCUT2D eigenvalue weighted by Crippen LogP contribution is -2.57. The van der Waals surface area contributed by atoms with Gasteiger partial charge >= 0.3 is 0 Å². The van der Waals surface area contributed by atoms with Crippen LogP contribution in [0.4, 0.5) is 10.2 Å². The maximum Gasteiger partial charge on any atom is 0.261 e. The van der Waals surface area contributed by atoms with Crippen molar-refractivity contribution in [3.05, 3.63) is 47.3 Å². The van der Waals surface area contributed by atoms with Crippen molar-refractivity contribution >= 4 is 29.2 Å². The lowest BCUT2D eigenvalue weighted by molar-refractivity contribution is -0.128. The Morgan fingerprint density at radius 1 is 1.24 bits per heavy atom. The molecule has 2 amide bonds. The smallest absolute Gasteiger partial charge is 0.261 e. The van der Waals surface area contributed by atoms with E-state index >= 15 is 4.39 Å². The second-order valence-corrected chi connectivity index (χ2v) is 12.3. The van der Waals surface area contributed by atoms with Gasteiger partial charge in [-0.15, -0.1) is 0 Å². The highest BCUT2D eigenvalue weighted by molar-refractivity contribution is 6.35. The molecule has 0 aliphatic carbocycles. The highest BCUT2D eigenvalue weighted by atomic mass is 35.5. The van der Waals surface area contributed by atoms with Crippen molar-refractivity contribution in [3.8, 4) is 22.8 Å². The van der Waals surface area contributed by atoms with Gasteiger partial charge in [0, 0.05) is 39.3 Å². The molecule has 42 heavy (non-hydrogen) atoms. The number of likely N-dealkylation sites (tertiary alicyclic amines) is 1. The van der Waals surface area contributed by atoms with Gasteiger partial charge in [0.2, 0.25) is 5.91 Å². The zero-order valence-electron chi connectivity index (χ0n) is 24.0. The fourth-order valence-corrected chi connectivity index (χ4v) is 6.80. The molecule has 10 nitrogen and oxygen atoms in total. The zero-order valence-corrected chi connectivity index (χ0v) is 24.7. The number of carbonyl (C=O) groups is 2. The predicted molar refractivity (Wildman–Crippen MR) is 156 cm³/mol. The lowest BCUT2D eigenvalue weighted by atomic mass is 9.96. The van der Waals surface area contributed by atoms with E-state index in [1.165, 1.54) is 24.3 Å². The number of ether oxygens (including phenoxy) is 2. The number of piperazine rings is 1. The quantitative estimate of drug-likeness (QED) is 0.524. The summed E-state index contributed by atoms with van der Waals surface area (Å²) in [6.07, 6.45) is 1.94. The number of hydrogen-bond acceptors (Lipinski definition) is 8. The van der Waals surface area contributed by atoms with Crippen molar-refractivity contribution < 1.29 is 28.6 Å². The van der Waals surface area contributed by atoms with Crippen molar-refractivity contribution in [1.82, 2.24) is 19.7 Å². The number of aromatic hydroxyl groups is 1. The van der Waals surface area contributed by atoms with Crippen LogP contribution in [0.1, 0.15) is 30.6 Å². The number of amides is 2. The Morgan fingerprint density at radius 3 is 2.69 bits per heavy atom. The number of carbonyl (C=O) groups excluding carboxylic acids is 2. The van der Waals surface area contributed by atoms with E-state index in [4.69, 9.17) is 26.1 Å². The van der Waals surface area contributed by atoms with Gasteiger partial charge in [0.25, 0.3) is 5.91 Å². The fourth-order valence-electron chi connectivity index (χ4n) is 6.52. The van der Waals surface area contributed by atoms with Gasteiger partial charge in [-0.05, 0) is 45.5 Å². The summed E-state index contributed by atoms with van der Waals surface area (Å²) in [5.41, 5.74) is -0.589. The van der Waals surface area contributed by atoms with E-state index < -0.39 is 17.4 Å². The second kappa shape index (κ2) is 10.7. The van der Waals surface area contributed by atoms with Crippen LogP contribution in [0.3, 0.4) is 0 Å². The van der Waals surface area contributed by atoms with E-state index in [9.17, 15) is 14.7 Å². The molecule has 12 heteroatoms. The number of fused-ring (bicyclic) bond motifs is 2. The molecular formula is C30H35ClFN5O5. The van der Waals surface area contributed by atoms with Crippen molar-refractivity contribution in [3.63, 3.8) is 0 Å². The van der Waals surface area contributed by atoms with Crippen LogP contribution < -0.4 is 9.64 Å². The molecule has 0 spiro atoms. The van der Waals surface area contributed by atoms with E-state index in [0.29, 0.717) is 31.9 Å². The Balaban J connectivity index is 1.46. The molecule has 3 saturated heterocycles. The summed E-state index contributed by atoms with van der Waals surface area (Å²) in [5.74, 6) is -1.20. The Morgan fingerprint density at radius 2 is 2.00 bits per heavy atom. The summed E-state index contributed by atoms with van der Waals surface area (Å²) in [5, 5.41) is 10.6. The first-order valence-electron chi connectivity index (χ1n) is 14.2. The molecule has 1 aromatic heterocycles. The molecule has 1 unspecified atom stereocenters. The van der Waals surface area contributed by atoms with Gasteiger partial charge in [-0.3, -0.25) is 9.59 Å². The summed E-state index contributed by atoms with van der Waals surface area (Å²) in [6, 6.07) is 3.53. The standard InChI is InChI=1S/C30H35ClFN5O5/c1-5-22(39)35-11-12-36-17(13-35)16-41-27-24(29(36)40)28(33-26(25(27)31)23-19(32)7-6-8-20(23)38)37-10-9-21(30(37,2)3)42-18-14-34(4)15-18/h5-8,17-18,21,38H,1,9-16H2,2-4H3/t17-,21?/m1/s1. The highest BCUT2D eigenvalue weighted by Crippen LogP contribution is 2.48. The molecule has 4 aliphatic heterocycles. The van der Waals surface area contributed by atoms with Gasteiger partial charge in [-0.2, -0.15) is 0 Å². The molecule has 0 radical (unpaired) electrons. The average molecular weight is 600 g/mol. The van der Waals surface area contributed by atoms with Crippen LogP contribution >= 0.6 is 11.6 Å². The first kappa shape index (κ1) is 28.7. The van der Waals surface area contributed by atoms with E-state index in [1.807, 2.05) is 25.8 Å². The SMILES string of the molecule is C=CC(=O)N1CCN2C(=O)c3c(N4CCC(OC5CN(C)C5)C4(C)C)nc(-c4c(O)cccc4F)c(Cl)c3OC[C@H]2C1. The van der Waals surface area contributed by atoms with Gasteiger partial charge in [-0.1, -0.05) is 24.2 Å². The molecular weight excluding hydrogens is 565 g/mol. The monoisotopic (exact) mass is 599 g/mol. The predicted octanol–water partition coefficient (Wildman–Crippen LogP) is 3.17. The maximum atomic E-state index is 15.2. The molecule has 4 aliphatic rings. The molecule has 5 heterocycles. The van der Waals surface area contributed by atoms with Crippen molar-refractivity contribution in [2.45, 2.75) is 44.1 Å². The summed E-state index contributed by atoms with van der Waals surface area (Å²) >= 11 is 6.87. The van der Waals surface area contributed by atoms with Gasteiger partial charge in [0.1, 0.15) is 40.3 Å². The van der Waals surface area contributed by atoms with Gasteiger partial charge in [-0.25, -0.2) is 9.37 Å². The number of phenolic OH excluding ortho intramolecular Hbond substituents is 1. The van der Waals surface area contributed by atoms with Crippen LogP contribution in [0, 0.1) is 5.82 Å². The van der Waals surface area contributed by atoms with Crippen LogP contribution in [0.5, 0.6) is 11.5 Å². The normalized spacial score (nSPS) is 24.0. The number of benzene rings is 1. The lowest BCUT2D eigenvalue weighted by Gasteiger charge is -2.43. The van der Waals surface area contributed by atoms with Gasteiger partial charge in [0.05, 0.1) is 29.4 Å². The molecule has 1 N–H and O–H groups in total. The molecule has 1 aromatic carbocycles. The number of nitrogens with zero attached hydrogens (tertiary/aromatic N) is 5. The second-order valence-electron chi connectivity index (χ2n) is 11.9. The molecule has 0 saturated carbocycles. The Bertz CT molecular complexity index is 1430. The average Bonchev–Trinajstić information content (AvgIpc) is 3.14. The minimum atomic E-state index is -0.706. The third kappa shape index (κ3) is 4.67. The number of anilines is 1. The van der Waals surface area contributed by atoms with Crippen molar-refractivity contribution in [2.24, 2.45) is 0 Å². The number of hydrogen-bond donors (Lipinski definition) is 1. The summed E-state index contributed by atoms with van der Waals surface area (Å²) in [6.45, 7) is 10.9. The first-order chi connectivity index (χ1) is 20.0. The number of halogens is 2. The Hall–Kier alpha value is -3.41. The van der Waals surface area contributed by atoms with E-state index in [1.54, 1.807) is 9.80 Å². The first-order valence-corrected chi connectivity index (χ1v) is 14.6. The minimum Gasteiger partial charge on any atom is -0.507 e. The van der Waals surface area contributed by atoms with E-state index in [0.717, 1.165) is 13.1 Å². The van der Waals surface area contributed by atoms with Gasteiger partial charge < -0.3 is 34.2 Å². The Kier molecular flexibility index (Phi) is 7.31. The third-order valence-corrected chi connectivity index (χ3v) is 9.26. The molecule has 0 bridgehead atoms. The maximum absolute atomic E-state index is 15.2. The van der Waals surface area contributed by atoms with Crippen molar-refractivity contribution in [1.29, 1.82) is 0 Å². The third-order valence-electron chi connectivity index (χ3n) is 8.91. The van der Waals surface area contributed by atoms with Crippen molar-refractivity contribution in [2.75, 3.05) is 57.8 Å². The molecule has 3 fully saturated rings. The Labute approximate surface area is 249 Å². The van der Waals surface area contributed by atoms with Crippen LogP contribution in [-0.2, 0) is 9.53 Å². The van der Waals surface area contributed by atoms with Crippen LogP contribution in [0.2, 0.25) is 5.02 Å². The summed E-state index contributed by atoms with van der Waals surface area (Å²) < 4.78 is 27.9. The molecule has 6 rings (SSSR count). The minimum absolute atomic E-state index is 0.0158. The molecule has 2 atom stereocenters. The number of aromatic nitrogens is 1.